The second-order valence-corrected chi connectivity index (χ2v) is 5.54. The topological polar surface area (TPSA) is 35.8 Å². The zero-order chi connectivity index (χ0) is 16.1. The summed E-state index contributed by atoms with van der Waals surface area (Å²) in [7, 11) is 0. The quantitative estimate of drug-likeness (QED) is 0.792. The van der Waals surface area contributed by atoms with Crippen molar-refractivity contribution in [1.29, 1.82) is 0 Å². The van der Waals surface area contributed by atoms with Crippen molar-refractivity contribution < 1.29 is 5.11 Å². The van der Waals surface area contributed by atoms with Crippen molar-refractivity contribution in [2.75, 3.05) is 18.0 Å². The van der Waals surface area contributed by atoms with Gasteiger partial charge in [0.05, 0.1) is 10.7 Å². The van der Waals surface area contributed by atoms with Crippen LogP contribution >= 0.6 is 11.6 Å². The van der Waals surface area contributed by atoms with E-state index in [0.29, 0.717) is 16.3 Å². The first kappa shape index (κ1) is 16.4. The summed E-state index contributed by atoms with van der Waals surface area (Å²) < 4.78 is 0. The number of aromatic hydroxyl groups is 1. The lowest BCUT2D eigenvalue weighted by molar-refractivity contribution is 0.474. The lowest BCUT2D eigenvalue weighted by Crippen LogP contribution is -2.21. The molecular weight excluding hydrogens is 296 g/mol. The maximum Gasteiger partial charge on any atom is 0.126 e. The molecule has 2 aromatic carbocycles. The Kier molecular flexibility index (Phi) is 5.45. The molecule has 0 amide bonds. The number of phenolic OH excluding ortho intramolecular Hbond substituents is 1. The molecule has 0 spiro atoms. The number of benzene rings is 2. The number of hydrogen-bond acceptors (Lipinski definition) is 3. The number of rotatable bonds is 5. The highest BCUT2D eigenvalue weighted by Gasteiger charge is 2.06. The van der Waals surface area contributed by atoms with Crippen molar-refractivity contribution in [1.82, 2.24) is 0 Å². The van der Waals surface area contributed by atoms with Crippen LogP contribution in [0.25, 0.3) is 0 Å². The van der Waals surface area contributed by atoms with Crippen LogP contribution in [0.2, 0.25) is 5.02 Å². The van der Waals surface area contributed by atoms with Gasteiger partial charge in [-0.2, -0.15) is 0 Å². The third kappa shape index (κ3) is 3.80. The van der Waals surface area contributed by atoms with E-state index in [1.807, 2.05) is 37.3 Å². The van der Waals surface area contributed by atoms with Crippen molar-refractivity contribution in [3.63, 3.8) is 0 Å². The molecule has 22 heavy (non-hydrogen) atoms. The fraction of sp³-hybridized carbons (Fsp3) is 0.278. The molecule has 1 N–H and O–H groups in total. The average molecular weight is 317 g/mol. The predicted molar refractivity (Wildman–Crippen MR) is 95.1 cm³/mol. The summed E-state index contributed by atoms with van der Waals surface area (Å²) in [5.41, 5.74) is 3.47. The Morgan fingerprint density at radius 2 is 1.86 bits per heavy atom. The van der Waals surface area contributed by atoms with E-state index in [4.69, 9.17) is 11.6 Å². The minimum atomic E-state index is 0.219. The second-order valence-electron chi connectivity index (χ2n) is 5.13. The fourth-order valence-corrected chi connectivity index (χ4v) is 2.57. The van der Waals surface area contributed by atoms with Gasteiger partial charge in [0.15, 0.2) is 0 Å². The van der Waals surface area contributed by atoms with Crippen molar-refractivity contribution >= 4 is 29.2 Å². The van der Waals surface area contributed by atoms with Gasteiger partial charge in [-0.1, -0.05) is 17.7 Å². The molecule has 0 unspecified atom stereocenters. The molecule has 0 saturated heterocycles. The lowest BCUT2D eigenvalue weighted by atomic mass is 10.1. The summed E-state index contributed by atoms with van der Waals surface area (Å²) in [4.78, 5) is 6.54. The highest BCUT2D eigenvalue weighted by atomic mass is 35.5. The highest BCUT2D eigenvalue weighted by molar-refractivity contribution is 6.33. The lowest BCUT2D eigenvalue weighted by Gasteiger charge is -2.21. The van der Waals surface area contributed by atoms with Gasteiger partial charge in [0.2, 0.25) is 0 Å². The Hall–Kier alpha value is -2.00. The molecule has 0 bridgehead atoms. The van der Waals surface area contributed by atoms with Crippen LogP contribution in [-0.2, 0) is 0 Å². The zero-order valence-corrected chi connectivity index (χ0v) is 13.9. The van der Waals surface area contributed by atoms with Gasteiger partial charge in [-0.25, -0.2) is 0 Å². The predicted octanol–water partition coefficient (Wildman–Crippen LogP) is 4.95. The van der Waals surface area contributed by atoms with Crippen molar-refractivity contribution in [2.24, 2.45) is 4.99 Å². The van der Waals surface area contributed by atoms with Gasteiger partial charge in [0.25, 0.3) is 0 Å². The summed E-state index contributed by atoms with van der Waals surface area (Å²) >= 11 is 6.16. The van der Waals surface area contributed by atoms with Crippen molar-refractivity contribution in [3.05, 3.63) is 52.5 Å². The van der Waals surface area contributed by atoms with E-state index in [-0.39, 0.29) is 5.75 Å². The van der Waals surface area contributed by atoms with E-state index in [0.717, 1.165) is 24.3 Å². The van der Waals surface area contributed by atoms with Crippen LogP contribution in [-0.4, -0.2) is 24.4 Å². The zero-order valence-electron chi connectivity index (χ0n) is 13.2. The largest absolute Gasteiger partial charge is 0.507 e. The van der Waals surface area contributed by atoms with Crippen LogP contribution in [0.4, 0.5) is 11.4 Å². The molecule has 0 atom stereocenters. The van der Waals surface area contributed by atoms with E-state index in [1.165, 1.54) is 0 Å². The summed E-state index contributed by atoms with van der Waals surface area (Å²) in [6, 6.07) is 11.3. The normalized spacial score (nSPS) is 11.1. The Morgan fingerprint density at radius 1 is 1.14 bits per heavy atom. The molecule has 3 nitrogen and oxygen atoms in total. The molecule has 0 aromatic heterocycles. The molecular formula is C18H21ClN2O. The summed E-state index contributed by atoms with van der Waals surface area (Å²) in [5.74, 6) is 0.219. The van der Waals surface area contributed by atoms with Gasteiger partial charge >= 0.3 is 0 Å². The van der Waals surface area contributed by atoms with Crippen LogP contribution in [0, 0.1) is 6.92 Å². The van der Waals surface area contributed by atoms with Crippen LogP contribution in [0.3, 0.4) is 0 Å². The number of phenols is 1. The minimum Gasteiger partial charge on any atom is -0.507 e. The van der Waals surface area contributed by atoms with Crippen LogP contribution in [0.1, 0.15) is 25.0 Å². The first-order valence-corrected chi connectivity index (χ1v) is 7.81. The van der Waals surface area contributed by atoms with E-state index in [1.54, 1.807) is 12.3 Å². The SMILES string of the molecule is CCN(CC)c1ccc(C=Nc2ccc(C)cc2Cl)c(O)c1. The van der Waals surface area contributed by atoms with Crippen LogP contribution in [0.5, 0.6) is 5.75 Å². The maximum absolute atomic E-state index is 10.2. The van der Waals surface area contributed by atoms with Gasteiger partial charge in [0, 0.05) is 36.6 Å². The fourth-order valence-electron chi connectivity index (χ4n) is 2.28. The molecule has 0 saturated carbocycles. The molecule has 4 heteroatoms. The van der Waals surface area contributed by atoms with E-state index in [2.05, 4.69) is 23.7 Å². The summed E-state index contributed by atoms with van der Waals surface area (Å²) in [5, 5.41) is 10.8. The molecule has 0 fully saturated rings. The third-order valence-electron chi connectivity index (χ3n) is 3.59. The molecule has 0 heterocycles. The number of aryl methyl sites for hydroxylation is 1. The monoisotopic (exact) mass is 316 g/mol. The molecule has 0 aliphatic rings. The number of hydrogen-bond donors (Lipinski definition) is 1. The van der Waals surface area contributed by atoms with Crippen molar-refractivity contribution in [3.8, 4) is 5.75 Å². The number of halogens is 1. The molecule has 2 aromatic rings. The maximum atomic E-state index is 10.2. The molecule has 0 radical (unpaired) electrons. The Bertz CT molecular complexity index is 679. The van der Waals surface area contributed by atoms with E-state index in [9.17, 15) is 5.11 Å². The second kappa shape index (κ2) is 7.32. The van der Waals surface area contributed by atoms with E-state index < -0.39 is 0 Å². The van der Waals surface area contributed by atoms with Gasteiger partial charge in [0.1, 0.15) is 5.75 Å². The first-order valence-electron chi connectivity index (χ1n) is 7.43. The van der Waals surface area contributed by atoms with Gasteiger partial charge in [-0.3, -0.25) is 4.99 Å². The number of nitrogens with zero attached hydrogens (tertiary/aromatic N) is 2. The Morgan fingerprint density at radius 3 is 2.45 bits per heavy atom. The Labute approximate surface area is 136 Å². The third-order valence-corrected chi connectivity index (χ3v) is 3.89. The average Bonchev–Trinajstić information content (AvgIpc) is 2.49. The first-order chi connectivity index (χ1) is 10.5. The van der Waals surface area contributed by atoms with Crippen LogP contribution in [0.15, 0.2) is 41.4 Å². The van der Waals surface area contributed by atoms with Crippen molar-refractivity contribution in [2.45, 2.75) is 20.8 Å². The van der Waals surface area contributed by atoms with E-state index >= 15 is 0 Å². The molecule has 0 aliphatic carbocycles. The smallest absolute Gasteiger partial charge is 0.126 e. The van der Waals surface area contributed by atoms with Gasteiger partial charge in [-0.05, 0) is 50.6 Å². The standard InChI is InChI=1S/C18H21ClN2O/c1-4-21(5-2)15-8-7-14(18(22)11-15)12-20-17-9-6-13(3)10-16(17)19/h6-12,22H,4-5H2,1-3H3. The summed E-state index contributed by atoms with van der Waals surface area (Å²) in [6.45, 7) is 7.98. The summed E-state index contributed by atoms with van der Waals surface area (Å²) in [6.07, 6.45) is 1.64. The highest BCUT2D eigenvalue weighted by Crippen LogP contribution is 2.27. The van der Waals surface area contributed by atoms with Gasteiger partial charge < -0.3 is 10.0 Å². The van der Waals surface area contributed by atoms with Gasteiger partial charge in [-0.15, -0.1) is 0 Å². The van der Waals surface area contributed by atoms with Crippen LogP contribution < -0.4 is 4.90 Å². The number of anilines is 1. The molecule has 2 rings (SSSR count). The minimum absolute atomic E-state index is 0.219. The number of aliphatic imine (C=N–C) groups is 1. The molecule has 0 aliphatic heterocycles. The molecule has 116 valence electrons. The Balaban J connectivity index is 2.24.